The second kappa shape index (κ2) is 6.05. The Balaban J connectivity index is 2.07. The van der Waals surface area contributed by atoms with Crippen LogP contribution in [0.1, 0.15) is 35.7 Å². The van der Waals surface area contributed by atoms with E-state index in [0.717, 1.165) is 5.56 Å². The van der Waals surface area contributed by atoms with Crippen LogP contribution in [0.15, 0.2) is 24.3 Å². The molecular formula is C15H19NO4. The average Bonchev–Trinajstić information content (AvgIpc) is 2.46. The summed E-state index contributed by atoms with van der Waals surface area (Å²) in [5.41, 5.74) is 1.34. The smallest absolute Gasteiger partial charge is 0.306 e. The molecule has 0 aliphatic carbocycles. The zero-order valence-electron chi connectivity index (χ0n) is 11.5. The molecule has 2 unspecified atom stereocenters. The minimum Gasteiger partial charge on any atom is -0.481 e. The summed E-state index contributed by atoms with van der Waals surface area (Å²) in [4.78, 5) is 25.1. The van der Waals surface area contributed by atoms with Gasteiger partial charge in [0.05, 0.1) is 12.5 Å². The van der Waals surface area contributed by atoms with Crippen LogP contribution in [-0.2, 0) is 11.4 Å². The number of carbonyl (C=O) groups excluding carboxylic acids is 1. The highest BCUT2D eigenvalue weighted by atomic mass is 16.4. The molecule has 2 N–H and O–H groups in total. The van der Waals surface area contributed by atoms with E-state index in [0.29, 0.717) is 24.9 Å². The molecule has 1 aliphatic rings. The number of likely N-dealkylation sites (tertiary alicyclic amines) is 1. The number of benzene rings is 1. The van der Waals surface area contributed by atoms with Gasteiger partial charge in [-0.15, -0.1) is 0 Å². The second-order valence-corrected chi connectivity index (χ2v) is 5.26. The fourth-order valence-corrected chi connectivity index (χ4v) is 2.62. The van der Waals surface area contributed by atoms with E-state index in [1.54, 1.807) is 29.2 Å². The van der Waals surface area contributed by atoms with Crippen LogP contribution in [0, 0.1) is 5.92 Å². The summed E-state index contributed by atoms with van der Waals surface area (Å²) in [6.07, 6.45) is 0.996. The Labute approximate surface area is 117 Å². The molecule has 2 atom stereocenters. The van der Waals surface area contributed by atoms with Crippen molar-refractivity contribution < 1.29 is 19.8 Å². The first-order valence-electron chi connectivity index (χ1n) is 6.76. The van der Waals surface area contributed by atoms with Gasteiger partial charge in [-0.05, 0) is 37.5 Å². The molecule has 0 radical (unpaired) electrons. The number of amides is 1. The van der Waals surface area contributed by atoms with Crippen molar-refractivity contribution in [2.75, 3.05) is 6.54 Å². The van der Waals surface area contributed by atoms with Gasteiger partial charge < -0.3 is 15.1 Å². The molecule has 108 valence electrons. The van der Waals surface area contributed by atoms with Crippen molar-refractivity contribution in [1.29, 1.82) is 0 Å². The predicted octanol–water partition coefficient (Wildman–Crippen LogP) is 1.50. The van der Waals surface area contributed by atoms with Gasteiger partial charge in [-0.1, -0.05) is 12.1 Å². The summed E-state index contributed by atoms with van der Waals surface area (Å²) < 4.78 is 0. The molecule has 1 amide bonds. The van der Waals surface area contributed by atoms with E-state index in [1.807, 2.05) is 6.92 Å². The highest BCUT2D eigenvalue weighted by Crippen LogP contribution is 2.24. The Hall–Kier alpha value is -1.88. The van der Waals surface area contributed by atoms with Gasteiger partial charge in [-0.25, -0.2) is 0 Å². The monoisotopic (exact) mass is 277 g/mol. The number of nitrogens with zero attached hydrogens (tertiary/aromatic N) is 1. The Kier molecular flexibility index (Phi) is 4.39. The molecule has 1 aliphatic heterocycles. The van der Waals surface area contributed by atoms with Gasteiger partial charge in [0.1, 0.15) is 0 Å². The third-order valence-corrected chi connectivity index (χ3v) is 3.87. The molecule has 5 heteroatoms. The van der Waals surface area contributed by atoms with Crippen LogP contribution in [-0.4, -0.2) is 39.6 Å². The summed E-state index contributed by atoms with van der Waals surface area (Å²) >= 11 is 0. The van der Waals surface area contributed by atoms with Gasteiger partial charge in [0.2, 0.25) is 0 Å². The Morgan fingerprint density at radius 2 is 1.95 bits per heavy atom. The molecule has 5 nitrogen and oxygen atoms in total. The summed E-state index contributed by atoms with van der Waals surface area (Å²) in [5, 5.41) is 18.0. The van der Waals surface area contributed by atoms with E-state index >= 15 is 0 Å². The highest BCUT2D eigenvalue weighted by Gasteiger charge is 2.32. The Bertz CT molecular complexity index is 497. The van der Waals surface area contributed by atoms with E-state index in [1.165, 1.54) is 0 Å². The molecule has 0 bridgehead atoms. The van der Waals surface area contributed by atoms with E-state index in [9.17, 15) is 9.59 Å². The number of aliphatic hydroxyl groups is 1. The molecule has 1 heterocycles. The first-order valence-corrected chi connectivity index (χ1v) is 6.76. The Morgan fingerprint density at radius 1 is 1.30 bits per heavy atom. The molecular weight excluding hydrogens is 258 g/mol. The summed E-state index contributed by atoms with van der Waals surface area (Å²) in [5.74, 6) is -1.21. The minimum atomic E-state index is -0.781. The van der Waals surface area contributed by atoms with Gasteiger partial charge in [0, 0.05) is 18.2 Å². The molecule has 1 fully saturated rings. The van der Waals surface area contributed by atoms with Crippen LogP contribution in [0.25, 0.3) is 0 Å². The largest absolute Gasteiger partial charge is 0.481 e. The highest BCUT2D eigenvalue weighted by molar-refractivity contribution is 5.94. The molecule has 1 aromatic rings. The molecule has 0 saturated carbocycles. The standard InChI is InChI=1S/C15H19NO4/c1-10-8-13(15(19)20)6-7-16(10)14(18)12-4-2-11(9-17)3-5-12/h2-5,10,13,17H,6-9H2,1H3,(H,19,20). The quantitative estimate of drug-likeness (QED) is 0.877. The van der Waals surface area contributed by atoms with Crippen LogP contribution in [0.2, 0.25) is 0 Å². The molecule has 2 rings (SSSR count). The normalized spacial score (nSPS) is 22.6. The second-order valence-electron chi connectivity index (χ2n) is 5.26. The van der Waals surface area contributed by atoms with Crippen LogP contribution in [0.4, 0.5) is 0 Å². The molecule has 1 aromatic carbocycles. The lowest BCUT2D eigenvalue weighted by molar-refractivity contribution is -0.143. The number of carboxylic acids is 1. The van der Waals surface area contributed by atoms with Crippen molar-refractivity contribution in [2.45, 2.75) is 32.4 Å². The maximum absolute atomic E-state index is 12.4. The van der Waals surface area contributed by atoms with Crippen LogP contribution >= 0.6 is 0 Å². The first-order chi connectivity index (χ1) is 9.52. The van der Waals surface area contributed by atoms with Crippen molar-refractivity contribution in [2.24, 2.45) is 5.92 Å². The van der Waals surface area contributed by atoms with Gasteiger partial charge in [0.25, 0.3) is 5.91 Å². The van der Waals surface area contributed by atoms with E-state index in [2.05, 4.69) is 0 Å². The first kappa shape index (κ1) is 14.5. The number of piperidine rings is 1. The number of carbonyl (C=O) groups is 2. The van der Waals surface area contributed by atoms with Gasteiger partial charge in [-0.2, -0.15) is 0 Å². The molecule has 0 aromatic heterocycles. The topological polar surface area (TPSA) is 77.8 Å². The SMILES string of the molecule is CC1CC(C(=O)O)CCN1C(=O)c1ccc(CO)cc1. The maximum atomic E-state index is 12.4. The predicted molar refractivity (Wildman–Crippen MR) is 73.2 cm³/mol. The number of aliphatic hydroxyl groups excluding tert-OH is 1. The summed E-state index contributed by atoms with van der Waals surface area (Å²) in [7, 11) is 0. The van der Waals surface area contributed by atoms with E-state index < -0.39 is 5.97 Å². The van der Waals surface area contributed by atoms with Crippen LogP contribution < -0.4 is 0 Å². The van der Waals surface area contributed by atoms with Gasteiger partial charge >= 0.3 is 5.97 Å². The maximum Gasteiger partial charge on any atom is 0.306 e. The van der Waals surface area contributed by atoms with Crippen molar-refractivity contribution >= 4 is 11.9 Å². The number of aliphatic carboxylic acids is 1. The molecule has 1 saturated heterocycles. The molecule has 0 spiro atoms. The lowest BCUT2D eigenvalue weighted by atomic mass is 9.91. The van der Waals surface area contributed by atoms with Crippen molar-refractivity contribution in [3.05, 3.63) is 35.4 Å². The Morgan fingerprint density at radius 3 is 2.45 bits per heavy atom. The van der Waals surface area contributed by atoms with Crippen molar-refractivity contribution in [3.8, 4) is 0 Å². The van der Waals surface area contributed by atoms with Crippen molar-refractivity contribution in [3.63, 3.8) is 0 Å². The van der Waals surface area contributed by atoms with E-state index in [4.69, 9.17) is 10.2 Å². The minimum absolute atomic E-state index is 0.0467. The summed E-state index contributed by atoms with van der Waals surface area (Å²) in [6, 6.07) is 6.77. The fraction of sp³-hybridized carbons (Fsp3) is 0.467. The summed E-state index contributed by atoms with van der Waals surface area (Å²) in [6.45, 7) is 2.31. The van der Waals surface area contributed by atoms with E-state index in [-0.39, 0.29) is 24.5 Å². The number of rotatable bonds is 3. The molecule has 20 heavy (non-hydrogen) atoms. The average molecular weight is 277 g/mol. The third kappa shape index (κ3) is 2.99. The van der Waals surface area contributed by atoms with Crippen LogP contribution in [0.5, 0.6) is 0 Å². The van der Waals surface area contributed by atoms with Crippen molar-refractivity contribution in [1.82, 2.24) is 4.90 Å². The van der Waals surface area contributed by atoms with Crippen LogP contribution in [0.3, 0.4) is 0 Å². The number of carboxylic acid groups (broad SMARTS) is 1. The lowest BCUT2D eigenvalue weighted by Crippen LogP contribution is -2.46. The fourth-order valence-electron chi connectivity index (χ4n) is 2.62. The zero-order chi connectivity index (χ0) is 14.7. The third-order valence-electron chi connectivity index (χ3n) is 3.87. The van der Waals surface area contributed by atoms with Gasteiger partial charge in [-0.3, -0.25) is 9.59 Å². The number of hydrogen-bond donors (Lipinski definition) is 2. The lowest BCUT2D eigenvalue weighted by Gasteiger charge is -2.36. The number of hydrogen-bond acceptors (Lipinski definition) is 3. The van der Waals surface area contributed by atoms with Gasteiger partial charge in [0.15, 0.2) is 0 Å². The zero-order valence-corrected chi connectivity index (χ0v) is 11.5.